The molecule has 5 aromatic rings. The molecule has 34 heavy (non-hydrogen) atoms. The fourth-order valence-corrected chi connectivity index (χ4v) is 14.8. The molecule has 5 rings (SSSR count). The summed E-state index contributed by atoms with van der Waals surface area (Å²) in [6, 6.07) is 52.0. The summed E-state index contributed by atoms with van der Waals surface area (Å²) in [5.41, 5.74) is 7.64. The van der Waals surface area contributed by atoms with Crippen molar-refractivity contribution in [2.75, 3.05) is 0 Å². The number of benzene rings is 5. The van der Waals surface area contributed by atoms with Gasteiger partial charge >= 0.3 is 0 Å². The van der Waals surface area contributed by atoms with Gasteiger partial charge in [0, 0.05) is 0 Å². The van der Waals surface area contributed by atoms with E-state index in [1.54, 1.807) is 0 Å². The monoisotopic (exact) mass is 589 g/mol. The lowest BCUT2D eigenvalue weighted by atomic mass is 10.3. The molecule has 5 aromatic carbocycles. The highest BCUT2D eigenvalue weighted by Gasteiger charge is 2.53. The van der Waals surface area contributed by atoms with E-state index in [1.165, 1.54) is 31.8 Å². The minimum Gasteiger partial charge on any atom is -0.191 e. The smallest absolute Gasteiger partial charge is 0.179 e. The van der Waals surface area contributed by atoms with Crippen LogP contribution >= 0.6 is 34.4 Å². The summed E-state index contributed by atoms with van der Waals surface area (Å²) in [4.78, 5) is -1.98. The van der Waals surface area contributed by atoms with Crippen LogP contribution in [0.5, 0.6) is 0 Å². The number of hydrogen-bond acceptors (Lipinski definition) is 1. The summed E-state index contributed by atoms with van der Waals surface area (Å²) < 4.78 is 0. The van der Waals surface area contributed by atoms with E-state index >= 15 is 0 Å². The summed E-state index contributed by atoms with van der Waals surface area (Å²) in [7, 11) is -2.38. The van der Waals surface area contributed by atoms with Crippen LogP contribution in [0.2, 0.25) is 0 Å². The standard InChI is InChI=1S/C30H26INP2/c31-33(25-15-5-1-6-16-25,26-17-7-2-8-18-26)29-23-13-14-24-30(29)34(32,27-19-9-3-10-20-27)28-21-11-4-12-22-28/h1-24H,32H2/q+2. The number of nitrogens with two attached hydrogens (primary N) is 1. The Hall–Kier alpha value is -2.35. The highest BCUT2D eigenvalue weighted by molar-refractivity contribution is 14.2. The van der Waals surface area contributed by atoms with Gasteiger partial charge < -0.3 is 0 Å². The average Bonchev–Trinajstić information content (AvgIpc) is 2.94. The molecule has 0 saturated heterocycles. The van der Waals surface area contributed by atoms with Crippen LogP contribution in [0, 0.1) is 0 Å². The van der Waals surface area contributed by atoms with Gasteiger partial charge in [0.25, 0.3) is 0 Å². The molecular formula is C30H26INP2+2. The van der Waals surface area contributed by atoms with Gasteiger partial charge in [-0.1, -0.05) is 84.9 Å². The number of halogens is 1. The summed E-state index contributed by atoms with van der Waals surface area (Å²) in [5.74, 6) is 0. The number of rotatable bonds is 6. The third-order valence-corrected chi connectivity index (χ3v) is 17.7. The Morgan fingerprint density at radius 1 is 0.382 bits per heavy atom. The van der Waals surface area contributed by atoms with Gasteiger partial charge in [-0.2, -0.15) is 5.50 Å². The van der Waals surface area contributed by atoms with Crippen LogP contribution in [0.25, 0.3) is 0 Å². The van der Waals surface area contributed by atoms with E-state index in [0.29, 0.717) is 0 Å². The maximum atomic E-state index is 7.64. The summed E-state index contributed by atoms with van der Waals surface area (Å²) in [5, 5.41) is 7.68. The molecule has 2 N–H and O–H groups in total. The van der Waals surface area contributed by atoms with Gasteiger partial charge in [-0.05, 0) is 60.7 Å². The minimum absolute atomic E-state index is 1.19. The van der Waals surface area contributed by atoms with Gasteiger partial charge in [-0.25, -0.2) is 0 Å². The third-order valence-electron chi connectivity index (χ3n) is 6.14. The van der Waals surface area contributed by atoms with Crippen LogP contribution in [-0.4, -0.2) is 0 Å². The Bertz CT molecular complexity index is 1170. The van der Waals surface area contributed by atoms with E-state index in [-0.39, 0.29) is 0 Å². The van der Waals surface area contributed by atoms with Gasteiger partial charge in [0.05, 0.1) is 0 Å². The molecule has 0 spiro atoms. The molecule has 0 heterocycles. The maximum absolute atomic E-state index is 7.64. The Labute approximate surface area is 216 Å². The SMILES string of the molecule is N[P+](c1ccccc1)(c1ccccc1)c1ccccc1[P+](I)(c1ccccc1)c1ccccc1. The zero-order valence-corrected chi connectivity index (χ0v) is 22.7. The van der Waals surface area contributed by atoms with E-state index in [1.807, 2.05) is 0 Å². The molecule has 0 bridgehead atoms. The molecule has 1 nitrogen and oxygen atoms in total. The first-order chi connectivity index (χ1) is 16.6. The molecule has 4 heteroatoms. The Kier molecular flexibility index (Phi) is 6.95. The van der Waals surface area contributed by atoms with Crippen molar-refractivity contribution >= 4 is 66.2 Å². The lowest BCUT2D eigenvalue weighted by Gasteiger charge is -2.27. The number of hydrogen-bond donors (Lipinski definition) is 1. The first-order valence-corrected chi connectivity index (χ1v) is 17.7. The van der Waals surface area contributed by atoms with Crippen molar-refractivity contribution in [3.05, 3.63) is 146 Å². The highest BCUT2D eigenvalue weighted by Crippen LogP contribution is 2.64. The molecule has 0 aliphatic heterocycles. The van der Waals surface area contributed by atoms with Gasteiger partial charge in [0.1, 0.15) is 21.2 Å². The summed E-state index contributed by atoms with van der Waals surface area (Å²) >= 11 is 2.75. The van der Waals surface area contributed by atoms with Crippen molar-refractivity contribution in [3.63, 3.8) is 0 Å². The molecule has 0 radical (unpaired) electrons. The lowest BCUT2D eigenvalue weighted by molar-refractivity contribution is 1.70. The molecular weight excluding hydrogens is 563 g/mol. The minimum atomic E-state index is -2.38. The molecule has 0 atom stereocenters. The van der Waals surface area contributed by atoms with Crippen LogP contribution < -0.4 is 37.3 Å². The van der Waals surface area contributed by atoms with Gasteiger partial charge in [-0.3, -0.25) is 0 Å². The molecule has 0 aromatic heterocycles. The fraction of sp³-hybridized carbons (Fsp3) is 0. The van der Waals surface area contributed by atoms with Crippen LogP contribution in [0.1, 0.15) is 0 Å². The topological polar surface area (TPSA) is 26.0 Å². The van der Waals surface area contributed by atoms with E-state index in [9.17, 15) is 0 Å². The second-order valence-electron chi connectivity index (χ2n) is 8.14. The molecule has 0 aliphatic rings. The van der Waals surface area contributed by atoms with Crippen molar-refractivity contribution in [3.8, 4) is 0 Å². The van der Waals surface area contributed by atoms with Gasteiger partial charge in [0.2, 0.25) is 0 Å². The first-order valence-electron chi connectivity index (χ1n) is 11.2. The second kappa shape index (κ2) is 10.1. The summed E-state index contributed by atoms with van der Waals surface area (Å²) in [6.45, 7) is 0. The first kappa shape index (κ1) is 23.4. The van der Waals surface area contributed by atoms with E-state index in [4.69, 9.17) is 5.50 Å². The maximum Gasteiger partial charge on any atom is 0.179 e. The van der Waals surface area contributed by atoms with Crippen LogP contribution in [-0.2, 0) is 0 Å². The Morgan fingerprint density at radius 3 is 1.06 bits per heavy atom. The second-order valence-corrected chi connectivity index (χ2v) is 18.1. The molecule has 0 aliphatic carbocycles. The molecule has 0 fully saturated rings. The quantitative estimate of drug-likeness (QED) is 0.206. The Morgan fingerprint density at radius 2 is 0.676 bits per heavy atom. The van der Waals surface area contributed by atoms with E-state index in [0.717, 1.165) is 0 Å². The largest absolute Gasteiger partial charge is 0.191 e. The summed E-state index contributed by atoms with van der Waals surface area (Å²) in [6.07, 6.45) is 0. The van der Waals surface area contributed by atoms with Crippen molar-refractivity contribution in [2.24, 2.45) is 5.50 Å². The molecule has 0 amide bonds. The molecule has 0 saturated carbocycles. The van der Waals surface area contributed by atoms with Gasteiger partial charge in [-0.15, -0.1) is 0 Å². The van der Waals surface area contributed by atoms with Crippen molar-refractivity contribution in [2.45, 2.75) is 0 Å². The third kappa shape index (κ3) is 4.14. The predicted molar refractivity (Wildman–Crippen MR) is 162 cm³/mol. The molecule has 0 unspecified atom stereocenters. The predicted octanol–water partition coefficient (Wildman–Crippen LogP) is 5.50. The van der Waals surface area contributed by atoms with Crippen LogP contribution in [0.4, 0.5) is 0 Å². The van der Waals surface area contributed by atoms with Crippen molar-refractivity contribution in [1.29, 1.82) is 0 Å². The zero-order chi connectivity index (χ0) is 23.4. The van der Waals surface area contributed by atoms with Gasteiger partial charge in [0.15, 0.2) is 45.0 Å². The zero-order valence-electron chi connectivity index (χ0n) is 18.7. The normalized spacial score (nSPS) is 11.8. The van der Waals surface area contributed by atoms with Crippen LogP contribution in [0.3, 0.4) is 0 Å². The van der Waals surface area contributed by atoms with Crippen molar-refractivity contribution in [1.82, 2.24) is 0 Å². The fourth-order valence-electron chi connectivity index (χ4n) is 4.47. The highest BCUT2D eigenvalue weighted by atomic mass is 127. The van der Waals surface area contributed by atoms with E-state index < -0.39 is 12.3 Å². The Balaban J connectivity index is 1.85. The lowest BCUT2D eigenvalue weighted by Crippen LogP contribution is -2.45. The molecule has 166 valence electrons. The van der Waals surface area contributed by atoms with E-state index in [2.05, 4.69) is 168 Å². The van der Waals surface area contributed by atoms with Crippen LogP contribution in [0.15, 0.2) is 146 Å². The van der Waals surface area contributed by atoms with Crippen molar-refractivity contribution < 1.29 is 0 Å². The average molecular weight is 589 g/mol.